The highest BCUT2D eigenvalue weighted by Gasteiger charge is 2.39. The second-order valence-corrected chi connectivity index (χ2v) is 6.87. The number of hydrogen-bond acceptors (Lipinski definition) is 6. The lowest BCUT2D eigenvalue weighted by atomic mass is 10.5. The van der Waals surface area contributed by atoms with Crippen LogP contribution in [-0.2, 0) is 22.8 Å². The summed E-state index contributed by atoms with van der Waals surface area (Å²) in [5.74, 6) is 0. The molecule has 21 heavy (non-hydrogen) atoms. The molecule has 1 amide bonds. The average Bonchev–Trinajstić information content (AvgIpc) is 2.45. The second kappa shape index (κ2) is 13.0. The molecule has 0 heterocycles. The molecule has 0 unspecified atom stereocenters. The monoisotopic (exact) mass is 323 g/mol. The summed E-state index contributed by atoms with van der Waals surface area (Å²) < 4.78 is 26.9. The first kappa shape index (κ1) is 20.3. The smallest absolute Gasteiger partial charge is 0.447 e. The molecule has 7 nitrogen and oxygen atoms in total. The number of nitrogens with one attached hydrogen (secondary N) is 1. The number of hydrogen-bond donors (Lipinski definition) is 1. The molecular formula is C13H29NO6Si. The first-order valence-electron chi connectivity index (χ1n) is 7.45. The SMILES string of the molecule is CCO[Si](CCCNC(=O)OCCOC)(OCC)OCC. The third kappa shape index (κ3) is 9.80. The zero-order valence-corrected chi connectivity index (χ0v) is 14.6. The maximum absolute atomic E-state index is 11.3. The predicted molar refractivity (Wildman–Crippen MR) is 81.3 cm³/mol. The molecule has 126 valence electrons. The highest BCUT2D eigenvalue weighted by Crippen LogP contribution is 2.17. The fourth-order valence-corrected chi connectivity index (χ4v) is 4.38. The van der Waals surface area contributed by atoms with Crippen LogP contribution in [0.2, 0.25) is 6.04 Å². The van der Waals surface area contributed by atoms with Crippen LogP contribution < -0.4 is 5.32 Å². The van der Waals surface area contributed by atoms with Gasteiger partial charge in [0, 0.05) is 39.5 Å². The largest absolute Gasteiger partial charge is 0.500 e. The molecule has 0 rings (SSSR count). The topological polar surface area (TPSA) is 75.3 Å². The van der Waals surface area contributed by atoms with Crippen molar-refractivity contribution in [3.05, 3.63) is 0 Å². The molecule has 0 fully saturated rings. The van der Waals surface area contributed by atoms with E-state index >= 15 is 0 Å². The number of carbonyl (C=O) groups excluding carboxylic acids is 1. The van der Waals surface area contributed by atoms with Gasteiger partial charge in [-0.05, 0) is 27.2 Å². The van der Waals surface area contributed by atoms with E-state index in [0.717, 1.165) is 0 Å². The molecule has 8 heteroatoms. The zero-order chi connectivity index (χ0) is 16.0. The highest BCUT2D eigenvalue weighted by molar-refractivity contribution is 6.60. The van der Waals surface area contributed by atoms with Crippen LogP contribution in [0.25, 0.3) is 0 Å². The fourth-order valence-electron chi connectivity index (χ4n) is 1.77. The van der Waals surface area contributed by atoms with Crippen LogP contribution in [-0.4, -0.2) is 61.6 Å². The first-order valence-corrected chi connectivity index (χ1v) is 9.38. The molecule has 0 saturated heterocycles. The Kier molecular flexibility index (Phi) is 12.6. The summed E-state index contributed by atoms with van der Waals surface area (Å²) in [6.07, 6.45) is 0.273. The Morgan fingerprint density at radius 3 is 2.05 bits per heavy atom. The summed E-state index contributed by atoms with van der Waals surface area (Å²) in [5.41, 5.74) is 0. The van der Waals surface area contributed by atoms with E-state index in [1.54, 1.807) is 7.11 Å². The fraction of sp³-hybridized carbons (Fsp3) is 0.923. The van der Waals surface area contributed by atoms with E-state index in [1.807, 2.05) is 20.8 Å². The third-order valence-electron chi connectivity index (χ3n) is 2.54. The van der Waals surface area contributed by atoms with Crippen LogP contribution in [0.4, 0.5) is 4.79 Å². The van der Waals surface area contributed by atoms with Crippen LogP contribution in [0.3, 0.4) is 0 Å². The standard InChI is InChI=1S/C13H29NO6Si/c1-5-18-21(19-6-2,20-7-3)12-8-9-14-13(15)17-11-10-16-4/h5-12H2,1-4H3,(H,14,15). The molecule has 0 spiro atoms. The second-order valence-electron chi connectivity index (χ2n) is 4.14. The van der Waals surface area contributed by atoms with Gasteiger partial charge in [0.15, 0.2) is 0 Å². The number of carbonyl (C=O) groups is 1. The van der Waals surface area contributed by atoms with Crippen molar-refractivity contribution in [3.8, 4) is 0 Å². The van der Waals surface area contributed by atoms with E-state index in [-0.39, 0.29) is 6.61 Å². The normalized spacial score (nSPS) is 11.4. The number of ether oxygens (including phenoxy) is 2. The summed E-state index contributed by atoms with van der Waals surface area (Å²) in [7, 11) is -1.05. The van der Waals surface area contributed by atoms with Gasteiger partial charge >= 0.3 is 14.9 Å². The Balaban J connectivity index is 4.03. The Bertz CT molecular complexity index is 250. The van der Waals surface area contributed by atoms with Gasteiger partial charge in [0.05, 0.1) is 6.61 Å². The van der Waals surface area contributed by atoms with Gasteiger partial charge in [0.25, 0.3) is 0 Å². The zero-order valence-electron chi connectivity index (χ0n) is 13.6. The van der Waals surface area contributed by atoms with E-state index in [0.29, 0.717) is 45.4 Å². The molecule has 0 saturated carbocycles. The lowest BCUT2D eigenvalue weighted by Gasteiger charge is -2.28. The summed E-state index contributed by atoms with van der Waals surface area (Å²) in [5, 5.41) is 2.68. The number of methoxy groups -OCH3 is 1. The van der Waals surface area contributed by atoms with Crippen molar-refractivity contribution in [2.45, 2.75) is 33.2 Å². The van der Waals surface area contributed by atoms with Crippen LogP contribution in [0.5, 0.6) is 0 Å². The number of rotatable bonds is 13. The summed E-state index contributed by atoms with van der Waals surface area (Å²) in [4.78, 5) is 11.3. The lowest BCUT2D eigenvalue weighted by molar-refractivity contribution is 0.0705. The Morgan fingerprint density at radius 1 is 1.00 bits per heavy atom. The van der Waals surface area contributed by atoms with Gasteiger partial charge in [-0.1, -0.05) is 0 Å². The van der Waals surface area contributed by atoms with Gasteiger partial charge in [0.1, 0.15) is 6.61 Å². The van der Waals surface area contributed by atoms with Crippen molar-refractivity contribution < 1.29 is 27.5 Å². The van der Waals surface area contributed by atoms with Gasteiger partial charge in [0.2, 0.25) is 0 Å². The molecule has 0 aliphatic heterocycles. The third-order valence-corrected chi connectivity index (χ3v) is 5.69. The minimum Gasteiger partial charge on any atom is -0.447 e. The van der Waals surface area contributed by atoms with Gasteiger partial charge in [-0.15, -0.1) is 0 Å². The Labute approximate surface area is 128 Å². The van der Waals surface area contributed by atoms with Gasteiger partial charge in [-0.2, -0.15) is 0 Å². The van der Waals surface area contributed by atoms with Gasteiger partial charge in [-0.3, -0.25) is 0 Å². The van der Waals surface area contributed by atoms with Crippen LogP contribution in [0.1, 0.15) is 27.2 Å². The summed E-state index contributed by atoms with van der Waals surface area (Å²) in [6.45, 7) is 8.56. The van der Waals surface area contributed by atoms with E-state index in [1.165, 1.54) is 0 Å². The number of alkyl carbamates (subject to hydrolysis) is 1. The molecule has 0 bridgehead atoms. The average molecular weight is 323 g/mol. The summed E-state index contributed by atoms with van der Waals surface area (Å²) in [6, 6.07) is 0.668. The van der Waals surface area contributed by atoms with E-state index in [9.17, 15) is 4.79 Å². The minimum atomic E-state index is -2.61. The van der Waals surface area contributed by atoms with Gasteiger partial charge in [-0.25, -0.2) is 4.79 Å². The van der Waals surface area contributed by atoms with Crippen molar-refractivity contribution in [3.63, 3.8) is 0 Å². The molecule has 0 atom stereocenters. The maximum atomic E-state index is 11.3. The molecule has 0 aliphatic carbocycles. The quantitative estimate of drug-likeness (QED) is 0.411. The van der Waals surface area contributed by atoms with E-state index in [2.05, 4.69) is 5.32 Å². The Hall–Kier alpha value is -0.673. The molecule has 0 aromatic carbocycles. The summed E-state index contributed by atoms with van der Waals surface area (Å²) >= 11 is 0. The van der Waals surface area contributed by atoms with Crippen molar-refractivity contribution in [1.82, 2.24) is 5.32 Å². The molecule has 0 aromatic rings. The Morgan fingerprint density at radius 2 is 1.57 bits per heavy atom. The highest BCUT2D eigenvalue weighted by atomic mass is 28.4. The van der Waals surface area contributed by atoms with Crippen LogP contribution in [0, 0.1) is 0 Å². The van der Waals surface area contributed by atoms with Crippen molar-refractivity contribution in [2.24, 2.45) is 0 Å². The van der Waals surface area contributed by atoms with Crippen molar-refractivity contribution in [2.75, 3.05) is 46.7 Å². The predicted octanol–water partition coefficient (Wildman–Crippen LogP) is 1.80. The maximum Gasteiger partial charge on any atom is 0.500 e. The number of amides is 1. The molecule has 0 aromatic heterocycles. The first-order chi connectivity index (χ1) is 10.1. The van der Waals surface area contributed by atoms with Crippen LogP contribution >= 0.6 is 0 Å². The molecular weight excluding hydrogens is 294 g/mol. The van der Waals surface area contributed by atoms with Crippen molar-refractivity contribution >= 4 is 14.9 Å². The molecule has 0 aliphatic rings. The van der Waals surface area contributed by atoms with Gasteiger partial charge < -0.3 is 28.1 Å². The molecule has 1 N–H and O–H groups in total. The van der Waals surface area contributed by atoms with Crippen LogP contribution in [0.15, 0.2) is 0 Å². The van der Waals surface area contributed by atoms with Crippen molar-refractivity contribution in [1.29, 1.82) is 0 Å². The van der Waals surface area contributed by atoms with E-state index in [4.69, 9.17) is 22.8 Å². The minimum absolute atomic E-state index is 0.248. The lowest BCUT2D eigenvalue weighted by Crippen LogP contribution is -2.46. The van der Waals surface area contributed by atoms with E-state index < -0.39 is 14.9 Å². The molecule has 0 radical (unpaired) electrons.